The van der Waals surface area contributed by atoms with E-state index in [1.54, 1.807) is 48.0 Å². The van der Waals surface area contributed by atoms with Crippen molar-refractivity contribution in [2.75, 3.05) is 0 Å². The summed E-state index contributed by atoms with van der Waals surface area (Å²) in [6, 6.07) is 12.2. The van der Waals surface area contributed by atoms with E-state index in [9.17, 15) is 14.0 Å². The van der Waals surface area contributed by atoms with Gasteiger partial charge in [0.15, 0.2) is 0 Å². The first-order chi connectivity index (χ1) is 12.5. The molecule has 4 rings (SSSR count). The topological polar surface area (TPSA) is 51.1 Å². The maximum absolute atomic E-state index is 13.6. The van der Waals surface area contributed by atoms with E-state index in [1.807, 2.05) is 6.07 Å². The Labute approximate surface area is 150 Å². The SMILES string of the molecule is Cc1ccc(CNC(=O)c2cccc3c(=O)n(C4CC4)ccc23)cc1F. The number of nitrogens with zero attached hydrogens (tertiary/aromatic N) is 1. The van der Waals surface area contributed by atoms with Gasteiger partial charge in [-0.1, -0.05) is 18.2 Å². The Hall–Kier alpha value is -2.95. The lowest BCUT2D eigenvalue weighted by Gasteiger charge is -2.10. The van der Waals surface area contributed by atoms with Crippen molar-refractivity contribution in [3.63, 3.8) is 0 Å². The van der Waals surface area contributed by atoms with Crippen LogP contribution in [-0.4, -0.2) is 10.5 Å². The molecule has 1 fully saturated rings. The van der Waals surface area contributed by atoms with Gasteiger partial charge in [0.25, 0.3) is 11.5 Å². The zero-order chi connectivity index (χ0) is 18.3. The molecule has 3 aromatic rings. The van der Waals surface area contributed by atoms with Crippen molar-refractivity contribution in [1.82, 2.24) is 9.88 Å². The number of carbonyl (C=O) groups is 1. The highest BCUT2D eigenvalue weighted by molar-refractivity contribution is 6.06. The number of aromatic nitrogens is 1. The predicted molar refractivity (Wildman–Crippen MR) is 98.8 cm³/mol. The van der Waals surface area contributed by atoms with Gasteiger partial charge < -0.3 is 9.88 Å². The first-order valence-electron chi connectivity index (χ1n) is 8.71. The lowest BCUT2D eigenvalue weighted by atomic mass is 10.1. The van der Waals surface area contributed by atoms with Gasteiger partial charge in [-0.25, -0.2) is 4.39 Å². The number of hydrogen-bond acceptors (Lipinski definition) is 2. The molecule has 0 saturated heterocycles. The van der Waals surface area contributed by atoms with Crippen LogP contribution in [0.5, 0.6) is 0 Å². The number of amides is 1. The highest BCUT2D eigenvalue weighted by Crippen LogP contribution is 2.33. The summed E-state index contributed by atoms with van der Waals surface area (Å²) >= 11 is 0. The fourth-order valence-corrected chi connectivity index (χ4v) is 3.16. The molecule has 132 valence electrons. The molecule has 0 bridgehead atoms. The number of halogens is 1. The quantitative estimate of drug-likeness (QED) is 0.780. The van der Waals surface area contributed by atoms with Crippen LogP contribution in [0.1, 0.15) is 40.4 Å². The van der Waals surface area contributed by atoms with Gasteiger partial charge in [0.2, 0.25) is 0 Å². The van der Waals surface area contributed by atoms with Gasteiger partial charge in [0, 0.05) is 35.1 Å². The molecule has 1 amide bonds. The fourth-order valence-electron chi connectivity index (χ4n) is 3.16. The maximum atomic E-state index is 13.6. The summed E-state index contributed by atoms with van der Waals surface area (Å²) in [4.78, 5) is 25.2. The molecule has 5 heteroatoms. The second-order valence-electron chi connectivity index (χ2n) is 6.79. The molecular weight excluding hydrogens is 331 g/mol. The van der Waals surface area contributed by atoms with Crippen LogP contribution in [0.3, 0.4) is 0 Å². The first-order valence-corrected chi connectivity index (χ1v) is 8.71. The molecule has 1 aliphatic rings. The molecule has 2 aromatic carbocycles. The summed E-state index contributed by atoms with van der Waals surface area (Å²) in [5.74, 6) is -0.567. The van der Waals surface area contributed by atoms with Gasteiger partial charge in [0.1, 0.15) is 5.82 Å². The third-order valence-electron chi connectivity index (χ3n) is 4.85. The Bertz CT molecular complexity index is 1070. The van der Waals surface area contributed by atoms with Crippen LogP contribution < -0.4 is 10.9 Å². The van der Waals surface area contributed by atoms with Gasteiger partial charge in [-0.2, -0.15) is 0 Å². The minimum absolute atomic E-state index is 0.0553. The van der Waals surface area contributed by atoms with Crippen LogP contribution in [0.2, 0.25) is 0 Å². The van der Waals surface area contributed by atoms with Crippen LogP contribution in [0.25, 0.3) is 10.8 Å². The Balaban J connectivity index is 1.61. The van der Waals surface area contributed by atoms with E-state index in [4.69, 9.17) is 0 Å². The normalized spacial score (nSPS) is 13.8. The lowest BCUT2D eigenvalue weighted by molar-refractivity contribution is 0.0952. The van der Waals surface area contributed by atoms with Gasteiger partial charge >= 0.3 is 0 Å². The summed E-state index contributed by atoms with van der Waals surface area (Å²) in [5.41, 5.74) is 1.66. The second-order valence-corrected chi connectivity index (χ2v) is 6.79. The van der Waals surface area contributed by atoms with Crippen LogP contribution in [-0.2, 0) is 6.54 Å². The van der Waals surface area contributed by atoms with E-state index < -0.39 is 0 Å². The average Bonchev–Trinajstić information content (AvgIpc) is 3.47. The van der Waals surface area contributed by atoms with Crippen molar-refractivity contribution < 1.29 is 9.18 Å². The number of carbonyl (C=O) groups excluding carboxylic acids is 1. The molecule has 0 atom stereocenters. The number of fused-ring (bicyclic) bond motifs is 1. The Morgan fingerprint density at radius 3 is 2.73 bits per heavy atom. The van der Waals surface area contributed by atoms with Crippen molar-refractivity contribution >= 4 is 16.7 Å². The third-order valence-corrected chi connectivity index (χ3v) is 4.85. The highest BCUT2D eigenvalue weighted by atomic mass is 19.1. The fraction of sp³-hybridized carbons (Fsp3) is 0.238. The predicted octanol–water partition coefficient (Wildman–Crippen LogP) is 3.71. The summed E-state index contributed by atoms with van der Waals surface area (Å²) < 4.78 is 15.4. The van der Waals surface area contributed by atoms with Gasteiger partial charge in [-0.05, 0) is 55.2 Å². The Morgan fingerprint density at radius 2 is 2.00 bits per heavy atom. The first kappa shape index (κ1) is 16.5. The zero-order valence-corrected chi connectivity index (χ0v) is 14.5. The molecule has 1 N–H and O–H groups in total. The number of rotatable bonds is 4. The van der Waals surface area contributed by atoms with E-state index in [-0.39, 0.29) is 23.8 Å². The Morgan fingerprint density at radius 1 is 1.19 bits per heavy atom. The van der Waals surface area contributed by atoms with Crippen LogP contribution in [0.15, 0.2) is 53.5 Å². The second kappa shape index (κ2) is 6.41. The van der Waals surface area contributed by atoms with Crippen molar-refractivity contribution in [3.05, 3.63) is 81.5 Å². The summed E-state index contributed by atoms with van der Waals surface area (Å²) in [7, 11) is 0. The molecule has 1 heterocycles. The Kier molecular flexibility index (Phi) is 4.07. The summed E-state index contributed by atoms with van der Waals surface area (Å²) in [5, 5.41) is 4.00. The van der Waals surface area contributed by atoms with Crippen LogP contribution in [0.4, 0.5) is 4.39 Å². The maximum Gasteiger partial charge on any atom is 0.258 e. The molecule has 0 aliphatic heterocycles. The van der Waals surface area contributed by atoms with Gasteiger partial charge in [-0.3, -0.25) is 9.59 Å². The van der Waals surface area contributed by atoms with E-state index in [1.165, 1.54) is 6.07 Å². The number of nitrogens with one attached hydrogen (secondary N) is 1. The molecule has 1 aromatic heterocycles. The third kappa shape index (κ3) is 3.01. The molecule has 4 nitrogen and oxygen atoms in total. The molecule has 0 unspecified atom stereocenters. The van der Waals surface area contributed by atoms with Crippen molar-refractivity contribution in [1.29, 1.82) is 0 Å². The van der Waals surface area contributed by atoms with Gasteiger partial charge in [-0.15, -0.1) is 0 Å². The molecule has 0 spiro atoms. The van der Waals surface area contributed by atoms with Crippen LogP contribution >= 0.6 is 0 Å². The standard InChI is InChI=1S/C21H19FN2O2/c1-13-5-6-14(11-19(13)22)12-23-20(25)17-3-2-4-18-16(17)9-10-24(21(18)26)15-7-8-15/h2-6,9-11,15H,7-8,12H2,1H3,(H,23,25). The van der Waals surface area contributed by atoms with E-state index in [0.29, 0.717) is 33.5 Å². The van der Waals surface area contributed by atoms with Crippen molar-refractivity contribution in [2.45, 2.75) is 32.4 Å². The van der Waals surface area contributed by atoms with Crippen LogP contribution in [0, 0.1) is 12.7 Å². The number of hydrogen-bond donors (Lipinski definition) is 1. The minimum Gasteiger partial charge on any atom is -0.348 e. The van der Waals surface area contributed by atoms with E-state index >= 15 is 0 Å². The summed E-state index contributed by atoms with van der Waals surface area (Å²) in [6.45, 7) is 1.92. The number of pyridine rings is 1. The molecule has 1 aliphatic carbocycles. The number of aryl methyl sites for hydroxylation is 1. The highest BCUT2D eigenvalue weighted by Gasteiger charge is 2.25. The van der Waals surface area contributed by atoms with Crippen molar-refractivity contribution in [3.8, 4) is 0 Å². The van der Waals surface area contributed by atoms with E-state index in [2.05, 4.69) is 5.32 Å². The monoisotopic (exact) mass is 350 g/mol. The van der Waals surface area contributed by atoms with Crippen molar-refractivity contribution in [2.24, 2.45) is 0 Å². The molecule has 1 saturated carbocycles. The zero-order valence-electron chi connectivity index (χ0n) is 14.5. The molecule has 26 heavy (non-hydrogen) atoms. The minimum atomic E-state index is -0.289. The number of benzene rings is 2. The average molecular weight is 350 g/mol. The lowest BCUT2D eigenvalue weighted by Crippen LogP contribution is -2.24. The largest absolute Gasteiger partial charge is 0.348 e. The van der Waals surface area contributed by atoms with E-state index in [0.717, 1.165) is 12.8 Å². The smallest absolute Gasteiger partial charge is 0.258 e. The molecular formula is C21H19FN2O2. The van der Waals surface area contributed by atoms with Gasteiger partial charge in [0.05, 0.1) is 0 Å². The summed E-state index contributed by atoms with van der Waals surface area (Å²) in [6.07, 6.45) is 3.83. The molecule has 0 radical (unpaired) electrons.